The Labute approximate surface area is 180 Å². The van der Waals surface area contributed by atoms with E-state index >= 15 is 0 Å². The first-order valence-corrected chi connectivity index (χ1v) is 10.0. The van der Waals surface area contributed by atoms with Gasteiger partial charge in [-0.25, -0.2) is 23.9 Å². The Balaban J connectivity index is 1.66. The van der Waals surface area contributed by atoms with Gasteiger partial charge >= 0.3 is 11.9 Å². The highest BCUT2D eigenvalue weighted by Crippen LogP contribution is 2.23. The van der Waals surface area contributed by atoms with Gasteiger partial charge in [0.05, 0.1) is 12.2 Å². The minimum Gasteiger partial charge on any atom is -0.480 e. The van der Waals surface area contributed by atoms with Crippen LogP contribution >= 0.6 is 0 Å². The number of rotatable bonds is 7. The molecule has 0 amide bonds. The minimum absolute atomic E-state index is 0.278. The predicted molar refractivity (Wildman–Crippen MR) is 113 cm³/mol. The molecule has 0 spiro atoms. The molecule has 3 rings (SSSR count). The Morgan fingerprint density at radius 3 is 2.32 bits per heavy atom. The van der Waals surface area contributed by atoms with Crippen molar-refractivity contribution in [3.8, 4) is 0 Å². The number of anilines is 1. The van der Waals surface area contributed by atoms with Crippen LogP contribution in [-0.4, -0.2) is 70.2 Å². The molecule has 0 saturated carbocycles. The maximum atomic E-state index is 13.1. The molecular formula is C22H25FN4O4. The molecule has 2 aromatic rings. The fourth-order valence-electron chi connectivity index (χ4n) is 3.32. The maximum absolute atomic E-state index is 13.1. The number of hydrogen-bond donors (Lipinski definition) is 1. The van der Waals surface area contributed by atoms with Crippen LogP contribution in [0.4, 0.5) is 10.3 Å². The number of carboxylic acid groups (broad SMARTS) is 1. The monoisotopic (exact) mass is 428 g/mol. The second-order valence-electron chi connectivity index (χ2n) is 7.30. The quantitative estimate of drug-likeness (QED) is 0.672. The van der Waals surface area contributed by atoms with Crippen molar-refractivity contribution in [2.45, 2.75) is 19.4 Å². The molecule has 31 heavy (non-hydrogen) atoms. The summed E-state index contributed by atoms with van der Waals surface area (Å²) in [5.41, 5.74) is -0.203. The van der Waals surface area contributed by atoms with Crippen molar-refractivity contribution in [3.05, 3.63) is 59.7 Å². The van der Waals surface area contributed by atoms with Crippen LogP contribution in [-0.2, 0) is 9.53 Å². The van der Waals surface area contributed by atoms with Crippen molar-refractivity contribution in [2.24, 2.45) is 0 Å². The lowest BCUT2D eigenvalue weighted by atomic mass is 9.97. The molecule has 8 nitrogen and oxygen atoms in total. The van der Waals surface area contributed by atoms with Crippen molar-refractivity contribution < 1.29 is 23.8 Å². The van der Waals surface area contributed by atoms with Gasteiger partial charge in [-0.05, 0) is 31.5 Å². The summed E-state index contributed by atoms with van der Waals surface area (Å²) in [4.78, 5) is 36.1. The van der Waals surface area contributed by atoms with E-state index < -0.39 is 17.5 Å². The molecule has 1 fully saturated rings. The van der Waals surface area contributed by atoms with Crippen LogP contribution in [0.15, 0.2) is 42.7 Å². The van der Waals surface area contributed by atoms with Gasteiger partial charge in [-0.15, -0.1) is 0 Å². The maximum Gasteiger partial charge on any atom is 0.341 e. The highest BCUT2D eigenvalue weighted by Gasteiger charge is 2.39. The lowest BCUT2D eigenvalue weighted by molar-refractivity contribution is -0.147. The number of piperazine rings is 1. The number of benzene rings is 1. The summed E-state index contributed by atoms with van der Waals surface area (Å²) >= 11 is 0. The number of esters is 1. The van der Waals surface area contributed by atoms with Crippen LogP contribution in [0, 0.1) is 5.82 Å². The van der Waals surface area contributed by atoms with Gasteiger partial charge in [0.2, 0.25) is 5.95 Å². The summed E-state index contributed by atoms with van der Waals surface area (Å²) in [5, 5.41) is 9.88. The predicted octanol–water partition coefficient (Wildman–Crippen LogP) is 2.47. The number of carbonyl (C=O) groups is 2. The molecule has 1 unspecified atom stereocenters. The molecule has 9 heteroatoms. The average molecular weight is 428 g/mol. The molecule has 1 saturated heterocycles. The molecule has 164 valence electrons. The largest absolute Gasteiger partial charge is 0.480 e. The molecule has 1 N–H and O–H groups in total. The Morgan fingerprint density at radius 2 is 1.77 bits per heavy atom. The molecule has 1 aliphatic heterocycles. The second-order valence-corrected chi connectivity index (χ2v) is 7.30. The molecule has 0 bridgehead atoms. The smallest absolute Gasteiger partial charge is 0.341 e. The molecule has 1 aromatic carbocycles. The summed E-state index contributed by atoms with van der Waals surface area (Å²) < 4.78 is 18.0. The zero-order chi connectivity index (χ0) is 22.4. The summed E-state index contributed by atoms with van der Waals surface area (Å²) in [6.07, 6.45) is 6.18. The molecular weight excluding hydrogens is 403 g/mol. The van der Waals surface area contributed by atoms with E-state index in [1.54, 1.807) is 38.1 Å². The zero-order valence-electron chi connectivity index (χ0n) is 17.5. The molecule has 1 aromatic heterocycles. The molecule has 0 radical (unpaired) electrons. The van der Waals surface area contributed by atoms with E-state index in [0.29, 0.717) is 32.1 Å². The third-order valence-electron chi connectivity index (χ3n) is 5.27. The van der Waals surface area contributed by atoms with Gasteiger partial charge in [0.15, 0.2) is 0 Å². The van der Waals surface area contributed by atoms with Crippen LogP contribution in [0.3, 0.4) is 0 Å². The summed E-state index contributed by atoms with van der Waals surface area (Å²) in [6.45, 7) is 5.69. The van der Waals surface area contributed by atoms with Gasteiger partial charge in [-0.3, -0.25) is 4.90 Å². The normalized spacial score (nSPS) is 16.8. The van der Waals surface area contributed by atoms with Crippen LogP contribution in [0.25, 0.3) is 6.08 Å². The number of carbonyl (C=O) groups excluding carboxylic acids is 1. The number of hydrogen-bond acceptors (Lipinski definition) is 7. The van der Waals surface area contributed by atoms with E-state index in [1.165, 1.54) is 24.5 Å². The van der Waals surface area contributed by atoms with Gasteiger partial charge in [-0.2, -0.15) is 0 Å². The number of ether oxygens (including phenoxy) is 1. The number of halogens is 1. The van der Waals surface area contributed by atoms with E-state index in [2.05, 4.69) is 9.97 Å². The fourth-order valence-corrected chi connectivity index (χ4v) is 3.32. The number of nitrogens with zero attached hydrogens (tertiary/aromatic N) is 4. The first-order chi connectivity index (χ1) is 14.8. The van der Waals surface area contributed by atoms with E-state index in [9.17, 15) is 19.1 Å². The number of aliphatic carboxylic acids is 1. The minimum atomic E-state index is -1.21. The zero-order valence-corrected chi connectivity index (χ0v) is 17.5. The van der Waals surface area contributed by atoms with Crippen molar-refractivity contribution in [2.75, 3.05) is 37.7 Å². The Morgan fingerprint density at radius 1 is 1.16 bits per heavy atom. The SMILES string of the molecule is CCOC(=O)c1cnc(N2CCN(C(C)(C=Cc3ccc(F)cc3)C(=O)O)CC2)nc1. The Kier molecular flexibility index (Phi) is 6.96. The van der Waals surface area contributed by atoms with E-state index in [-0.39, 0.29) is 18.0 Å². The summed E-state index contributed by atoms with van der Waals surface area (Å²) in [6, 6.07) is 5.88. The Bertz CT molecular complexity index is 941. The fraction of sp³-hybridized carbons (Fsp3) is 0.364. The van der Waals surface area contributed by atoms with E-state index in [0.717, 1.165) is 5.56 Å². The molecule has 1 atom stereocenters. The molecule has 1 aliphatic rings. The van der Waals surface area contributed by atoms with Crippen LogP contribution in [0.1, 0.15) is 29.8 Å². The first-order valence-electron chi connectivity index (χ1n) is 10.0. The summed E-state index contributed by atoms with van der Waals surface area (Å²) in [5.74, 6) is -1.29. The van der Waals surface area contributed by atoms with Crippen molar-refractivity contribution in [3.63, 3.8) is 0 Å². The van der Waals surface area contributed by atoms with Crippen molar-refractivity contribution in [1.82, 2.24) is 14.9 Å². The Hall–Kier alpha value is -3.33. The van der Waals surface area contributed by atoms with Crippen molar-refractivity contribution in [1.29, 1.82) is 0 Å². The average Bonchev–Trinajstić information content (AvgIpc) is 2.79. The molecule has 2 heterocycles. The van der Waals surface area contributed by atoms with Crippen molar-refractivity contribution >= 4 is 24.0 Å². The number of carboxylic acids is 1. The topological polar surface area (TPSA) is 95.9 Å². The second kappa shape index (κ2) is 9.65. The lowest BCUT2D eigenvalue weighted by Gasteiger charge is -2.42. The highest BCUT2D eigenvalue weighted by molar-refractivity contribution is 5.88. The van der Waals surface area contributed by atoms with Gasteiger partial charge < -0.3 is 14.7 Å². The first kappa shape index (κ1) is 22.4. The van der Waals surface area contributed by atoms with Crippen LogP contribution < -0.4 is 4.90 Å². The van der Waals surface area contributed by atoms with Gasteiger partial charge in [-0.1, -0.05) is 24.3 Å². The lowest BCUT2D eigenvalue weighted by Crippen LogP contribution is -2.58. The van der Waals surface area contributed by atoms with Gasteiger partial charge in [0.1, 0.15) is 11.4 Å². The van der Waals surface area contributed by atoms with Gasteiger partial charge in [0.25, 0.3) is 0 Å². The van der Waals surface area contributed by atoms with E-state index in [1.807, 2.05) is 9.80 Å². The van der Waals surface area contributed by atoms with Crippen LogP contribution in [0.5, 0.6) is 0 Å². The van der Waals surface area contributed by atoms with Gasteiger partial charge in [0, 0.05) is 38.6 Å². The summed E-state index contributed by atoms with van der Waals surface area (Å²) in [7, 11) is 0. The standard InChI is InChI=1S/C22H25FN4O4/c1-3-31-19(28)17-14-24-21(25-15-17)26-10-12-27(13-11-26)22(2,20(29)30)9-8-16-4-6-18(23)7-5-16/h4-9,14-15H,3,10-13H2,1-2H3,(H,29,30). The van der Waals surface area contributed by atoms with E-state index in [4.69, 9.17) is 4.74 Å². The highest BCUT2D eigenvalue weighted by atomic mass is 19.1. The third-order valence-corrected chi connectivity index (χ3v) is 5.27. The molecule has 0 aliphatic carbocycles. The third kappa shape index (κ3) is 5.24. The number of aromatic nitrogens is 2. The van der Waals surface area contributed by atoms with Crippen LogP contribution in [0.2, 0.25) is 0 Å².